The summed E-state index contributed by atoms with van der Waals surface area (Å²) in [5.41, 5.74) is 5.40. The molecule has 1 atom stereocenters. The molecular formula is C47H60N6O6S2Si. The Morgan fingerprint density at radius 1 is 1.03 bits per heavy atom. The van der Waals surface area contributed by atoms with Crippen molar-refractivity contribution in [1.82, 2.24) is 30.2 Å². The molecule has 0 amide bonds. The minimum Gasteiger partial charge on any atom is -0.506 e. The van der Waals surface area contributed by atoms with E-state index in [-0.39, 0.29) is 28.6 Å². The van der Waals surface area contributed by atoms with Gasteiger partial charge in [-0.25, -0.2) is 9.48 Å². The second-order valence-corrected chi connectivity index (χ2v) is 25.3. The first kappa shape index (κ1) is 44.4. The molecule has 0 saturated heterocycles. The van der Waals surface area contributed by atoms with E-state index in [1.807, 2.05) is 29.0 Å². The molecule has 4 aromatic heterocycles. The molecule has 0 aliphatic heterocycles. The number of esters is 1. The predicted octanol–water partition coefficient (Wildman–Crippen LogP) is 8.56. The highest BCUT2D eigenvalue weighted by molar-refractivity contribution is 7.12. The topological polar surface area (TPSA) is 155 Å². The zero-order valence-corrected chi connectivity index (χ0v) is 39.3. The van der Waals surface area contributed by atoms with E-state index in [9.17, 15) is 19.8 Å². The van der Waals surface area contributed by atoms with Gasteiger partial charge in [-0.3, -0.25) is 4.79 Å². The maximum absolute atomic E-state index is 13.5. The maximum atomic E-state index is 13.5. The van der Waals surface area contributed by atoms with Crippen molar-refractivity contribution in [2.75, 3.05) is 20.1 Å². The molecule has 0 radical (unpaired) electrons. The van der Waals surface area contributed by atoms with Crippen LogP contribution in [0.15, 0.2) is 70.2 Å². The smallest absolute Gasteiger partial charge is 0.349 e. The lowest BCUT2D eigenvalue weighted by Crippen LogP contribution is -2.43. The number of H-pyrrole nitrogens is 1. The van der Waals surface area contributed by atoms with Gasteiger partial charge < -0.3 is 34.6 Å². The van der Waals surface area contributed by atoms with E-state index in [1.54, 1.807) is 24.3 Å². The number of aromatic amines is 1. The lowest BCUT2D eigenvalue weighted by atomic mass is 9.91. The summed E-state index contributed by atoms with van der Waals surface area (Å²) in [6.07, 6.45) is 6.94. The van der Waals surface area contributed by atoms with E-state index >= 15 is 0 Å². The van der Waals surface area contributed by atoms with E-state index in [0.29, 0.717) is 34.4 Å². The quantitative estimate of drug-likeness (QED) is 0.0549. The molecule has 2 aliphatic carbocycles. The second kappa shape index (κ2) is 18.1. The summed E-state index contributed by atoms with van der Waals surface area (Å²) < 4.78 is 15.2. The van der Waals surface area contributed by atoms with E-state index in [4.69, 9.17) is 9.16 Å². The first-order chi connectivity index (χ1) is 29.6. The largest absolute Gasteiger partial charge is 0.506 e. The fraction of sp³-hybridized carbons (Fsp3) is 0.489. The summed E-state index contributed by atoms with van der Waals surface area (Å²) in [5.74, 6) is -0.547. The number of nitrogens with zero attached hydrogens (tertiary/aromatic N) is 4. The first-order valence-corrected chi connectivity index (χ1v) is 26.6. The molecule has 0 bridgehead atoms. The van der Waals surface area contributed by atoms with Gasteiger partial charge in [-0.1, -0.05) is 44.2 Å². The third-order valence-electron chi connectivity index (χ3n) is 13.6. The van der Waals surface area contributed by atoms with Crippen LogP contribution in [0.5, 0.6) is 5.75 Å². The molecule has 4 N–H and O–H groups in total. The van der Waals surface area contributed by atoms with Crippen LogP contribution < -0.4 is 10.9 Å². The van der Waals surface area contributed by atoms with Crippen LogP contribution >= 0.6 is 22.7 Å². The van der Waals surface area contributed by atoms with Gasteiger partial charge in [-0.05, 0) is 146 Å². The van der Waals surface area contributed by atoms with E-state index < -0.39 is 19.9 Å². The molecule has 1 saturated carbocycles. The monoisotopic (exact) mass is 896 g/mol. The molecule has 8 rings (SSSR count). The molecule has 0 spiro atoms. The van der Waals surface area contributed by atoms with Crippen LogP contribution in [-0.4, -0.2) is 81.7 Å². The lowest BCUT2D eigenvalue weighted by molar-refractivity contribution is -0.169. The van der Waals surface area contributed by atoms with Crippen molar-refractivity contribution >= 4 is 58.9 Å². The predicted molar refractivity (Wildman–Crippen MR) is 250 cm³/mol. The minimum atomic E-state index is -2.22. The highest BCUT2D eigenvalue weighted by Gasteiger charge is 2.45. The van der Waals surface area contributed by atoms with Crippen LogP contribution in [0.2, 0.25) is 18.1 Å². The van der Waals surface area contributed by atoms with Gasteiger partial charge in [0.25, 0.3) is 0 Å². The number of phenols is 1. The normalized spacial score (nSPS) is 17.9. The van der Waals surface area contributed by atoms with E-state index in [1.165, 1.54) is 45.4 Å². The number of hydrogen-bond donors (Lipinski definition) is 4. The Bertz CT molecular complexity index is 2520. The number of aromatic hydroxyl groups is 1. The summed E-state index contributed by atoms with van der Waals surface area (Å²) in [6, 6.07) is 16.7. The second-order valence-electron chi connectivity index (χ2n) is 18.6. The van der Waals surface area contributed by atoms with Crippen LogP contribution in [0.1, 0.15) is 97.4 Å². The van der Waals surface area contributed by atoms with Crippen molar-refractivity contribution in [2.45, 2.75) is 127 Å². The summed E-state index contributed by atoms with van der Waals surface area (Å²) in [7, 11) is -0.0356. The molecule has 2 aliphatic rings. The van der Waals surface area contributed by atoms with Gasteiger partial charge in [0.2, 0.25) is 11.2 Å². The average Bonchev–Trinajstić information content (AvgIpc) is 4.09. The number of aryl methyl sites for hydroxylation is 2. The Kier molecular flexibility index (Phi) is 13.0. The molecule has 2 aromatic carbocycles. The number of aliphatic hydroxyl groups is 1. The number of hydrogen-bond acceptors (Lipinski definition) is 12. The molecule has 6 aromatic rings. The Balaban J connectivity index is 0.886. The Labute approximate surface area is 372 Å². The SMILES string of the molecule is CN(CCCn1nnc2cc(CNC[C@H](O[Si](C)(C)C(C)(C)C)c3ccc(O)c4[nH]c(=O)ccc34)c3c(c21)CCC3)[C@H]1CC[C@H](OC(=O)C(O)(c2cccs2)c2cccs2)CC1. The third kappa shape index (κ3) is 8.95. The number of carbonyl (C=O) groups is 1. The molecule has 12 nitrogen and oxygen atoms in total. The summed E-state index contributed by atoms with van der Waals surface area (Å²) in [4.78, 5) is 32.1. The first-order valence-electron chi connectivity index (χ1n) is 22.0. The standard InChI is InChI=1S/C47H60N6O6S2Si/c1-46(2,3)62(5,6)59-39(34-19-21-38(54)43-35(34)20-22-42(55)49-43)29-48-28-30-27-37-44(36-12-7-11-33(30)36)53(51-50-37)24-10-23-52(4)31-15-17-32(18-16-31)58-45(56)47(57,40-13-8-25-60-40)41-14-9-26-61-41/h8-9,13-14,19-22,25-27,31-32,39,48,54,57H,7,10-12,15-18,23-24,28-29H2,1-6H3,(H,49,55)/t31-,32-,39-/m0/s1. The average molecular weight is 897 g/mol. The number of benzene rings is 2. The fourth-order valence-corrected chi connectivity index (χ4v) is 12.1. The summed E-state index contributed by atoms with van der Waals surface area (Å²) in [6.45, 7) is 14.1. The van der Waals surface area contributed by atoms with E-state index in [2.05, 4.69) is 77.2 Å². The summed E-state index contributed by atoms with van der Waals surface area (Å²) >= 11 is 2.72. The van der Waals surface area contributed by atoms with Crippen LogP contribution in [0, 0.1) is 0 Å². The fourth-order valence-electron chi connectivity index (χ4n) is 9.07. The van der Waals surface area contributed by atoms with Crippen LogP contribution in [0.3, 0.4) is 0 Å². The van der Waals surface area contributed by atoms with Gasteiger partial charge >= 0.3 is 5.97 Å². The summed E-state index contributed by atoms with van der Waals surface area (Å²) in [5, 5.41) is 39.9. The molecule has 15 heteroatoms. The third-order valence-corrected chi connectivity index (χ3v) is 20.0. The zero-order chi connectivity index (χ0) is 43.8. The number of nitrogens with one attached hydrogen (secondary N) is 2. The van der Waals surface area contributed by atoms with Crippen LogP contribution in [0.4, 0.5) is 0 Å². The van der Waals surface area contributed by atoms with Gasteiger partial charge in [-0.15, -0.1) is 27.8 Å². The van der Waals surface area contributed by atoms with Crippen molar-refractivity contribution in [3.05, 3.63) is 108 Å². The number of phenolic OH excluding ortho intramolecular Hbond substituents is 1. The van der Waals surface area contributed by atoms with Crippen molar-refractivity contribution < 1.29 is 24.2 Å². The number of thiophene rings is 2. The number of carbonyl (C=O) groups excluding carboxylic acids is 1. The van der Waals surface area contributed by atoms with Gasteiger partial charge in [0.1, 0.15) is 17.4 Å². The molecule has 0 unspecified atom stereocenters. The van der Waals surface area contributed by atoms with Crippen molar-refractivity contribution in [1.29, 1.82) is 0 Å². The molecule has 4 heterocycles. The number of aromatic nitrogens is 4. The molecule has 330 valence electrons. The Morgan fingerprint density at radius 3 is 2.42 bits per heavy atom. The van der Waals surface area contributed by atoms with Crippen molar-refractivity contribution in [3.8, 4) is 5.75 Å². The van der Waals surface area contributed by atoms with Gasteiger partial charge in [0.05, 0.1) is 26.9 Å². The lowest BCUT2D eigenvalue weighted by Gasteiger charge is -2.39. The van der Waals surface area contributed by atoms with Crippen LogP contribution in [0.25, 0.3) is 21.9 Å². The molecule has 62 heavy (non-hydrogen) atoms. The van der Waals surface area contributed by atoms with Gasteiger partial charge in [0, 0.05) is 37.1 Å². The maximum Gasteiger partial charge on any atom is 0.349 e. The number of pyridine rings is 1. The molecule has 1 fully saturated rings. The minimum absolute atomic E-state index is 0.0117. The highest BCUT2D eigenvalue weighted by Crippen LogP contribution is 2.42. The Hall–Kier alpha value is -4.22. The zero-order valence-electron chi connectivity index (χ0n) is 36.7. The number of ether oxygens (including phenoxy) is 1. The highest BCUT2D eigenvalue weighted by atomic mass is 32.1. The van der Waals surface area contributed by atoms with Crippen molar-refractivity contribution in [2.24, 2.45) is 0 Å². The van der Waals surface area contributed by atoms with Crippen LogP contribution in [-0.2, 0) is 45.5 Å². The van der Waals surface area contributed by atoms with Gasteiger partial charge in [-0.2, -0.15) is 0 Å². The number of fused-ring (bicyclic) bond motifs is 4. The van der Waals surface area contributed by atoms with Crippen molar-refractivity contribution in [3.63, 3.8) is 0 Å². The Morgan fingerprint density at radius 2 is 1.74 bits per heavy atom. The number of rotatable bonds is 16. The van der Waals surface area contributed by atoms with E-state index in [0.717, 1.165) is 86.4 Å². The van der Waals surface area contributed by atoms with Gasteiger partial charge in [0.15, 0.2) is 8.32 Å². The molecular weight excluding hydrogens is 837 g/mol.